The minimum Gasteiger partial charge on any atom is -0.324 e. The highest BCUT2D eigenvalue weighted by Crippen LogP contribution is 2.23. The van der Waals surface area contributed by atoms with Gasteiger partial charge in [0.15, 0.2) is 0 Å². The first-order chi connectivity index (χ1) is 11.0. The summed E-state index contributed by atoms with van der Waals surface area (Å²) in [6, 6.07) is 14.3. The zero-order chi connectivity index (χ0) is 16.8. The maximum absolute atomic E-state index is 12.3. The molecule has 1 N–H and O–H groups in total. The lowest BCUT2D eigenvalue weighted by Crippen LogP contribution is -2.32. The molecule has 0 atom stereocenters. The van der Waals surface area contributed by atoms with Crippen molar-refractivity contribution in [3.05, 3.63) is 63.6 Å². The number of nitrogens with zero attached hydrogens (tertiary/aromatic N) is 1. The lowest BCUT2D eigenvalue weighted by Gasteiger charge is -2.20. The number of benzene rings is 2. The number of rotatable bonds is 6. The van der Waals surface area contributed by atoms with E-state index in [0.717, 1.165) is 28.8 Å². The Morgan fingerprint density at radius 2 is 1.87 bits per heavy atom. The molecule has 0 bridgehead atoms. The predicted molar refractivity (Wildman–Crippen MR) is 99.6 cm³/mol. The fourth-order valence-electron chi connectivity index (χ4n) is 2.46. The summed E-state index contributed by atoms with van der Waals surface area (Å²) in [7, 11) is 0. The van der Waals surface area contributed by atoms with Crippen LogP contribution in [-0.4, -0.2) is 23.9 Å². The highest BCUT2D eigenvalue weighted by atomic mass is 79.9. The van der Waals surface area contributed by atoms with Crippen LogP contribution >= 0.6 is 15.9 Å². The van der Waals surface area contributed by atoms with E-state index in [9.17, 15) is 4.79 Å². The molecule has 0 aliphatic carbocycles. The van der Waals surface area contributed by atoms with Crippen molar-refractivity contribution in [3.63, 3.8) is 0 Å². The zero-order valence-electron chi connectivity index (χ0n) is 13.9. The van der Waals surface area contributed by atoms with Gasteiger partial charge in [-0.2, -0.15) is 0 Å². The Kier molecular flexibility index (Phi) is 6.37. The van der Waals surface area contributed by atoms with Crippen molar-refractivity contribution in [2.24, 2.45) is 0 Å². The third kappa shape index (κ3) is 5.48. The van der Waals surface area contributed by atoms with E-state index in [4.69, 9.17) is 0 Å². The number of halogens is 1. The first-order valence-corrected chi connectivity index (χ1v) is 8.61. The van der Waals surface area contributed by atoms with Crippen LogP contribution in [0.5, 0.6) is 0 Å². The van der Waals surface area contributed by atoms with Crippen LogP contribution in [0.3, 0.4) is 0 Å². The van der Waals surface area contributed by atoms with Gasteiger partial charge in [-0.15, -0.1) is 0 Å². The van der Waals surface area contributed by atoms with E-state index < -0.39 is 0 Å². The molecule has 0 aliphatic heterocycles. The zero-order valence-corrected chi connectivity index (χ0v) is 15.5. The van der Waals surface area contributed by atoms with Gasteiger partial charge >= 0.3 is 0 Å². The molecule has 0 unspecified atom stereocenters. The Bertz CT molecular complexity index is 685. The molecule has 0 fully saturated rings. The van der Waals surface area contributed by atoms with Crippen molar-refractivity contribution >= 4 is 27.5 Å². The second kappa shape index (κ2) is 8.27. The normalized spacial score (nSPS) is 10.8. The molecule has 2 aromatic carbocycles. The van der Waals surface area contributed by atoms with Crippen molar-refractivity contribution in [1.82, 2.24) is 4.90 Å². The standard InChI is InChI=1S/C19H23BrN2O/c1-4-22(12-16-7-5-6-14(2)10-16)13-19(23)21-18-9-8-15(3)11-17(18)20/h5-11H,4,12-13H2,1-3H3,(H,21,23). The topological polar surface area (TPSA) is 32.3 Å². The largest absolute Gasteiger partial charge is 0.324 e. The predicted octanol–water partition coefficient (Wildman–Crippen LogP) is 4.53. The molecule has 122 valence electrons. The summed E-state index contributed by atoms with van der Waals surface area (Å²) in [4.78, 5) is 14.4. The van der Waals surface area contributed by atoms with Crippen LogP contribution in [-0.2, 0) is 11.3 Å². The maximum Gasteiger partial charge on any atom is 0.238 e. The number of likely N-dealkylation sites (N-methyl/N-ethyl adjacent to an activating group) is 1. The number of carbonyl (C=O) groups is 1. The second-order valence-corrected chi connectivity index (χ2v) is 6.68. The van der Waals surface area contributed by atoms with Crippen molar-refractivity contribution < 1.29 is 4.79 Å². The summed E-state index contributed by atoms with van der Waals surface area (Å²) in [5.74, 6) is 0.00376. The number of nitrogens with one attached hydrogen (secondary N) is 1. The molecular formula is C19H23BrN2O. The monoisotopic (exact) mass is 374 g/mol. The lowest BCUT2D eigenvalue weighted by molar-refractivity contribution is -0.117. The van der Waals surface area contributed by atoms with Crippen molar-refractivity contribution in [2.45, 2.75) is 27.3 Å². The average Bonchev–Trinajstić information content (AvgIpc) is 2.49. The van der Waals surface area contributed by atoms with Gasteiger partial charge in [0.2, 0.25) is 5.91 Å². The van der Waals surface area contributed by atoms with E-state index in [-0.39, 0.29) is 5.91 Å². The van der Waals surface area contributed by atoms with Gasteiger partial charge in [-0.1, -0.05) is 42.8 Å². The number of carbonyl (C=O) groups excluding carboxylic acids is 1. The number of anilines is 1. The van der Waals surface area contributed by atoms with Gasteiger partial charge in [0, 0.05) is 11.0 Å². The van der Waals surface area contributed by atoms with Crippen LogP contribution in [0, 0.1) is 13.8 Å². The Hall–Kier alpha value is -1.65. The summed E-state index contributed by atoms with van der Waals surface area (Å²) >= 11 is 3.49. The number of aryl methyl sites for hydroxylation is 2. The van der Waals surface area contributed by atoms with Crippen LogP contribution in [0.2, 0.25) is 0 Å². The molecule has 0 spiro atoms. The van der Waals surface area contributed by atoms with Gasteiger partial charge in [0.1, 0.15) is 0 Å². The first kappa shape index (κ1) is 17.7. The van der Waals surface area contributed by atoms with Gasteiger partial charge in [-0.05, 0) is 59.6 Å². The highest BCUT2D eigenvalue weighted by Gasteiger charge is 2.11. The fraction of sp³-hybridized carbons (Fsp3) is 0.316. The highest BCUT2D eigenvalue weighted by molar-refractivity contribution is 9.10. The Morgan fingerprint density at radius 3 is 2.52 bits per heavy atom. The van der Waals surface area contributed by atoms with Gasteiger partial charge in [0.05, 0.1) is 12.2 Å². The summed E-state index contributed by atoms with van der Waals surface area (Å²) in [5.41, 5.74) is 4.44. The molecule has 0 aromatic heterocycles. The van der Waals surface area contributed by atoms with Crippen LogP contribution in [0.1, 0.15) is 23.6 Å². The van der Waals surface area contributed by atoms with Crippen molar-refractivity contribution in [2.75, 3.05) is 18.4 Å². The number of hydrogen-bond acceptors (Lipinski definition) is 2. The van der Waals surface area contributed by atoms with Gasteiger partial charge in [-0.25, -0.2) is 0 Å². The summed E-state index contributed by atoms with van der Waals surface area (Å²) in [6.45, 7) is 8.17. The molecule has 0 saturated heterocycles. The molecule has 0 radical (unpaired) electrons. The van der Waals surface area contributed by atoms with E-state index >= 15 is 0 Å². The van der Waals surface area contributed by atoms with Crippen LogP contribution in [0.15, 0.2) is 46.9 Å². The van der Waals surface area contributed by atoms with Crippen LogP contribution in [0.25, 0.3) is 0 Å². The first-order valence-electron chi connectivity index (χ1n) is 7.82. The lowest BCUT2D eigenvalue weighted by atomic mass is 10.1. The minimum absolute atomic E-state index is 0.00376. The van der Waals surface area contributed by atoms with Crippen molar-refractivity contribution in [3.8, 4) is 0 Å². The average molecular weight is 375 g/mol. The third-order valence-electron chi connectivity index (χ3n) is 3.70. The second-order valence-electron chi connectivity index (χ2n) is 5.82. The smallest absolute Gasteiger partial charge is 0.238 e. The molecule has 2 rings (SSSR count). The summed E-state index contributed by atoms with van der Waals surface area (Å²) in [6.07, 6.45) is 0. The fourth-order valence-corrected chi connectivity index (χ4v) is 3.05. The molecule has 4 heteroatoms. The van der Waals surface area contributed by atoms with Crippen LogP contribution < -0.4 is 5.32 Å². The van der Waals surface area contributed by atoms with Crippen molar-refractivity contribution in [1.29, 1.82) is 0 Å². The molecule has 0 heterocycles. The summed E-state index contributed by atoms with van der Waals surface area (Å²) in [5, 5.41) is 2.97. The molecule has 2 aromatic rings. The molecule has 1 amide bonds. The van der Waals surface area contributed by atoms with Gasteiger partial charge in [0.25, 0.3) is 0 Å². The Morgan fingerprint density at radius 1 is 1.13 bits per heavy atom. The van der Waals surface area contributed by atoms with E-state index in [0.29, 0.717) is 6.54 Å². The van der Waals surface area contributed by atoms with Gasteiger partial charge in [-0.3, -0.25) is 9.69 Å². The Balaban J connectivity index is 1.96. The van der Waals surface area contributed by atoms with E-state index in [1.54, 1.807) is 0 Å². The quantitative estimate of drug-likeness (QED) is 0.805. The molecular weight excluding hydrogens is 352 g/mol. The summed E-state index contributed by atoms with van der Waals surface area (Å²) < 4.78 is 0.910. The van der Waals surface area contributed by atoms with E-state index in [2.05, 4.69) is 64.3 Å². The molecule has 0 aliphatic rings. The maximum atomic E-state index is 12.3. The van der Waals surface area contributed by atoms with Gasteiger partial charge < -0.3 is 5.32 Å². The Labute approximate surface area is 146 Å². The molecule has 3 nitrogen and oxygen atoms in total. The third-order valence-corrected chi connectivity index (χ3v) is 4.36. The SMILES string of the molecule is CCN(CC(=O)Nc1ccc(C)cc1Br)Cc1cccc(C)c1. The molecule has 23 heavy (non-hydrogen) atoms. The molecule has 0 saturated carbocycles. The van der Waals surface area contributed by atoms with Crippen LogP contribution in [0.4, 0.5) is 5.69 Å². The minimum atomic E-state index is 0.00376. The van der Waals surface area contributed by atoms with E-state index in [1.165, 1.54) is 11.1 Å². The number of hydrogen-bond donors (Lipinski definition) is 1. The number of amides is 1. The van der Waals surface area contributed by atoms with E-state index in [1.807, 2.05) is 25.1 Å².